The molecule has 2 rings (SSSR count). The van der Waals surface area contributed by atoms with E-state index in [4.69, 9.17) is 4.74 Å². The van der Waals surface area contributed by atoms with Gasteiger partial charge in [0.25, 0.3) is 0 Å². The second-order valence-electron chi connectivity index (χ2n) is 3.98. The van der Waals surface area contributed by atoms with E-state index in [1.54, 1.807) is 31.2 Å². The molecule has 0 aliphatic rings. The number of ether oxygens (including phenoxy) is 1. The van der Waals surface area contributed by atoms with Crippen LogP contribution in [0.2, 0.25) is 0 Å². The van der Waals surface area contributed by atoms with Gasteiger partial charge in [-0.05, 0) is 41.6 Å². The lowest BCUT2D eigenvalue weighted by molar-refractivity contribution is -0.141. The third kappa shape index (κ3) is 4.19. The molecule has 0 bridgehead atoms. The Hall–Kier alpha value is -1.58. The van der Waals surface area contributed by atoms with Crippen LogP contribution in [0.15, 0.2) is 30.3 Å². The van der Waals surface area contributed by atoms with Crippen molar-refractivity contribution in [1.82, 2.24) is 9.97 Å². The highest BCUT2D eigenvalue weighted by atomic mass is 127. The molecule has 0 saturated heterocycles. The number of para-hydroxylation sites is 1. The standard InChI is InChI=1S/C13H11F3IN3O/c1-2-18-12-19-10(13(14,15)16)7-11(20-12)21-9-6-4-3-5-8(9)17/h3-7H,2H2,1H3,(H,18,19,20). The van der Waals surface area contributed by atoms with Crippen molar-refractivity contribution in [3.63, 3.8) is 0 Å². The quantitative estimate of drug-likeness (QED) is 0.765. The van der Waals surface area contributed by atoms with E-state index >= 15 is 0 Å². The molecular weight excluding hydrogens is 398 g/mol. The molecule has 1 aromatic heterocycles. The van der Waals surface area contributed by atoms with Crippen molar-refractivity contribution in [1.29, 1.82) is 0 Å². The first kappa shape index (κ1) is 15.8. The minimum Gasteiger partial charge on any atom is -0.438 e. The van der Waals surface area contributed by atoms with Crippen LogP contribution in [0.3, 0.4) is 0 Å². The lowest BCUT2D eigenvalue weighted by Gasteiger charge is -2.12. The summed E-state index contributed by atoms with van der Waals surface area (Å²) in [7, 11) is 0. The van der Waals surface area contributed by atoms with Gasteiger partial charge in [0.15, 0.2) is 5.69 Å². The molecule has 0 amide bonds. The van der Waals surface area contributed by atoms with Gasteiger partial charge >= 0.3 is 6.18 Å². The van der Waals surface area contributed by atoms with E-state index in [9.17, 15) is 13.2 Å². The molecule has 0 aliphatic heterocycles. The van der Waals surface area contributed by atoms with Crippen LogP contribution in [-0.4, -0.2) is 16.5 Å². The lowest BCUT2D eigenvalue weighted by atomic mass is 10.3. The molecule has 2 aromatic rings. The van der Waals surface area contributed by atoms with Crippen molar-refractivity contribution >= 4 is 28.5 Å². The van der Waals surface area contributed by atoms with Crippen molar-refractivity contribution in [2.24, 2.45) is 0 Å². The summed E-state index contributed by atoms with van der Waals surface area (Å²) in [5, 5.41) is 2.66. The Balaban J connectivity index is 2.38. The van der Waals surface area contributed by atoms with Crippen LogP contribution >= 0.6 is 22.6 Å². The number of aromatic nitrogens is 2. The maximum Gasteiger partial charge on any atom is 0.433 e. The molecule has 4 nitrogen and oxygen atoms in total. The molecule has 8 heteroatoms. The summed E-state index contributed by atoms with van der Waals surface area (Å²) in [5.41, 5.74) is -1.05. The van der Waals surface area contributed by atoms with Gasteiger partial charge in [0.05, 0.1) is 3.57 Å². The molecule has 1 heterocycles. The molecule has 0 unspecified atom stereocenters. The summed E-state index contributed by atoms with van der Waals surface area (Å²) in [4.78, 5) is 7.35. The maximum atomic E-state index is 12.8. The number of anilines is 1. The Morgan fingerprint density at radius 1 is 1.24 bits per heavy atom. The Kier molecular flexibility index (Phi) is 4.86. The second-order valence-corrected chi connectivity index (χ2v) is 5.14. The first-order valence-electron chi connectivity index (χ1n) is 6.02. The van der Waals surface area contributed by atoms with Gasteiger partial charge in [0.2, 0.25) is 11.8 Å². The van der Waals surface area contributed by atoms with Crippen LogP contribution in [0, 0.1) is 3.57 Å². The summed E-state index contributed by atoms with van der Waals surface area (Å²) in [5.74, 6) is 0.165. The van der Waals surface area contributed by atoms with E-state index in [0.29, 0.717) is 12.3 Å². The second kappa shape index (κ2) is 6.46. The normalized spacial score (nSPS) is 11.3. The molecule has 0 spiro atoms. The van der Waals surface area contributed by atoms with E-state index in [1.807, 2.05) is 22.6 Å². The van der Waals surface area contributed by atoms with Crippen molar-refractivity contribution < 1.29 is 17.9 Å². The van der Waals surface area contributed by atoms with Crippen molar-refractivity contribution in [2.75, 3.05) is 11.9 Å². The van der Waals surface area contributed by atoms with E-state index < -0.39 is 11.9 Å². The number of benzene rings is 1. The van der Waals surface area contributed by atoms with Crippen LogP contribution in [-0.2, 0) is 6.18 Å². The van der Waals surface area contributed by atoms with Gasteiger partial charge in [-0.15, -0.1) is 0 Å². The lowest BCUT2D eigenvalue weighted by Crippen LogP contribution is -2.12. The largest absolute Gasteiger partial charge is 0.438 e. The molecular formula is C13H11F3IN3O. The summed E-state index contributed by atoms with van der Waals surface area (Å²) in [6, 6.07) is 7.76. The van der Waals surface area contributed by atoms with Crippen LogP contribution in [0.1, 0.15) is 12.6 Å². The zero-order chi connectivity index (χ0) is 15.5. The summed E-state index contributed by atoms with van der Waals surface area (Å²) >= 11 is 2.03. The highest BCUT2D eigenvalue weighted by molar-refractivity contribution is 14.1. The molecule has 1 aromatic carbocycles. The minimum atomic E-state index is -4.56. The Bertz CT molecular complexity index is 634. The molecule has 21 heavy (non-hydrogen) atoms. The van der Waals surface area contributed by atoms with Crippen LogP contribution in [0.4, 0.5) is 19.1 Å². The Morgan fingerprint density at radius 2 is 1.95 bits per heavy atom. The van der Waals surface area contributed by atoms with Crippen LogP contribution in [0.5, 0.6) is 11.6 Å². The predicted molar refractivity (Wildman–Crippen MR) is 80.4 cm³/mol. The average Bonchev–Trinajstić information content (AvgIpc) is 2.41. The van der Waals surface area contributed by atoms with E-state index in [1.165, 1.54) is 0 Å². The Labute approximate surface area is 132 Å². The van der Waals surface area contributed by atoms with Gasteiger partial charge in [-0.25, -0.2) is 4.98 Å². The summed E-state index contributed by atoms with van der Waals surface area (Å²) in [6.07, 6.45) is -4.56. The summed E-state index contributed by atoms with van der Waals surface area (Å²) < 4.78 is 44.7. The fourth-order valence-electron chi connectivity index (χ4n) is 1.50. The van der Waals surface area contributed by atoms with Gasteiger partial charge in [-0.1, -0.05) is 12.1 Å². The number of alkyl halides is 3. The SMILES string of the molecule is CCNc1nc(Oc2ccccc2I)cc(C(F)(F)F)n1. The topological polar surface area (TPSA) is 47.0 Å². The monoisotopic (exact) mass is 409 g/mol. The zero-order valence-corrected chi connectivity index (χ0v) is 13.1. The molecule has 112 valence electrons. The molecule has 0 saturated carbocycles. The highest BCUT2D eigenvalue weighted by Gasteiger charge is 2.34. The predicted octanol–water partition coefficient (Wildman–Crippen LogP) is 4.32. The third-order valence-electron chi connectivity index (χ3n) is 2.38. The van der Waals surface area contributed by atoms with Crippen LogP contribution < -0.4 is 10.1 Å². The van der Waals surface area contributed by atoms with Crippen molar-refractivity contribution in [3.05, 3.63) is 39.6 Å². The average molecular weight is 409 g/mol. The molecule has 0 atom stereocenters. The zero-order valence-electron chi connectivity index (χ0n) is 10.9. The van der Waals surface area contributed by atoms with Crippen molar-refractivity contribution in [3.8, 4) is 11.6 Å². The first-order chi connectivity index (χ1) is 9.90. The molecule has 0 aliphatic carbocycles. The number of hydrogen-bond donors (Lipinski definition) is 1. The van der Waals surface area contributed by atoms with Gasteiger partial charge < -0.3 is 10.1 Å². The van der Waals surface area contributed by atoms with Crippen molar-refractivity contribution in [2.45, 2.75) is 13.1 Å². The van der Waals surface area contributed by atoms with Gasteiger partial charge in [-0.3, -0.25) is 0 Å². The molecule has 0 radical (unpaired) electrons. The maximum absolute atomic E-state index is 12.8. The number of halogens is 4. The minimum absolute atomic E-state index is 0.117. The number of rotatable bonds is 4. The Morgan fingerprint density at radius 3 is 2.57 bits per heavy atom. The van der Waals surface area contributed by atoms with E-state index in [-0.39, 0.29) is 11.8 Å². The van der Waals surface area contributed by atoms with E-state index in [0.717, 1.165) is 9.64 Å². The van der Waals surface area contributed by atoms with E-state index in [2.05, 4.69) is 15.3 Å². The number of nitrogens with zero attached hydrogens (tertiary/aromatic N) is 2. The first-order valence-corrected chi connectivity index (χ1v) is 7.10. The fraction of sp³-hybridized carbons (Fsp3) is 0.231. The van der Waals surface area contributed by atoms with Crippen LogP contribution in [0.25, 0.3) is 0 Å². The van der Waals surface area contributed by atoms with Gasteiger partial charge in [0.1, 0.15) is 5.75 Å². The molecule has 0 fully saturated rings. The highest BCUT2D eigenvalue weighted by Crippen LogP contribution is 2.32. The van der Waals surface area contributed by atoms with Gasteiger partial charge in [-0.2, -0.15) is 18.2 Å². The summed E-state index contributed by atoms with van der Waals surface area (Å²) in [6.45, 7) is 2.15. The molecule has 1 N–H and O–H groups in total. The number of nitrogens with one attached hydrogen (secondary N) is 1. The third-order valence-corrected chi connectivity index (χ3v) is 3.27. The smallest absolute Gasteiger partial charge is 0.433 e. The van der Waals surface area contributed by atoms with Gasteiger partial charge in [0, 0.05) is 12.6 Å². The fourth-order valence-corrected chi connectivity index (χ4v) is 2.00. The number of hydrogen-bond acceptors (Lipinski definition) is 4.